The number of ether oxygens (including phenoxy) is 1. The van der Waals surface area contributed by atoms with E-state index in [9.17, 15) is 4.79 Å². The van der Waals surface area contributed by atoms with Crippen LogP contribution in [0.2, 0.25) is 0 Å². The first kappa shape index (κ1) is 17.7. The van der Waals surface area contributed by atoms with Crippen LogP contribution in [0.15, 0.2) is 35.5 Å². The van der Waals surface area contributed by atoms with Gasteiger partial charge in [0.05, 0.1) is 6.61 Å². The highest BCUT2D eigenvalue weighted by atomic mass is 16.5. The van der Waals surface area contributed by atoms with Crippen LogP contribution >= 0.6 is 0 Å². The molecule has 0 heterocycles. The maximum Gasteiger partial charge on any atom is 0.302 e. The Morgan fingerprint density at radius 3 is 2.26 bits per heavy atom. The van der Waals surface area contributed by atoms with Crippen LogP contribution in [0.1, 0.15) is 53.9 Å². The van der Waals surface area contributed by atoms with Gasteiger partial charge in [-0.1, -0.05) is 35.5 Å². The Hall–Kier alpha value is -1.31. The first-order chi connectivity index (χ1) is 8.82. The van der Waals surface area contributed by atoms with Crippen molar-refractivity contribution in [3.63, 3.8) is 0 Å². The molecule has 0 radical (unpaired) electrons. The maximum atomic E-state index is 10.8. The largest absolute Gasteiger partial charge is 0.465 e. The topological polar surface area (TPSA) is 26.3 Å². The molecule has 19 heavy (non-hydrogen) atoms. The smallest absolute Gasteiger partial charge is 0.302 e. The SMILES string of the molecule is C=C(C)C(C/C=C(/C)CCC=C(C)C)COC(C)=O. The Morgan fingerprint density at radius 1 is 1.16 bits per heavy atom. The van der Waals surface area contributed by atoms with Gasteiger partial charge in [-0.25, -0.2) is 0 Å². The summed E-state index contributed by atoms with van der Waals surface area (Å²) in [6.45, 7) is 14.2. The fourth-order valence-corrected chi connectivity index (χ4v) is 1.66. The monoisotopic (exact) mass is 264 g/mol. The van der Waals surface area contributed by atoms with Crippen molar-refractivity contribution in [1.82, 2.24) is 0 Å². The van der Waals surface area contributed by atoms with Gasteiger partial charge in [0.2, 0.25) is 0 Å². The predicted octanol–water partition coefficient (Wildman–Crippen LogP) is 4.82. The standard InChI is InChI=1S/C17H28O2/c1-13(2)8-7-9-15(5)10-11-17(14(3)4)12-19-16(6)18/h8,10,17H,3,7,9,11-12H2,1-2,4-6H3/b15-10-. The van der Waals surface area contributed by atoms with Crippen molar-refractivity contribution in [1.29, 1.82) is 0 Å². The molecule has 0 saturated carbocycles. The summed E-state index contributed by atoms with van der Waals surface area (Å²) in [7, 11) is 0. The van der Waals surface area contributed by atoms with Crippen molar-refractivity contribution in [3.8, 4) is 0 Å². The average Bonchev–Trinajstić information content (AvgIpc) is 2.27. The van der Waals surface area contributed by atoms with Crippen LogP contribution in [0.3, 0.4) is 0 Å². The van der Waals surface area contributed by atoms with E-state index in [0.29, 0.717) is 6.61 Å². The number of hydrogen-bond acceptors (Lipinski definition) is 2. The normalized spacial score (nSPS) is 12.8. The van der Waals surface area contributed by atoms with Crippen molar-refractivity contribution in [2.45, 2.75) is 53.9 Å². The van der Waals surface area contributed by atoms with E-state index >= 15 is 0 Å². The van der Waals surface area contributed by atoms with Gasteiger partial charge in [-0.2, -0.15) is 0 Å². The second kappa shape index (κ2) is 9.60. The van der Waals surface area contributed by atoms with Crippen LogP contribution in [0.5, 0.6) is 0 Å². The van der Waals surface area contributed by atoms with Crippen molar-refractivity contribution in [2.75, 3.05) is 6.61 Å². The minimum atomic E-state index is -0.226. The van der Waals surface area contributed by atoms with Gasteiger partial charge in [0.1, 0.15) is 0 Å². The van der Waals surface area contributed by atoms with E-state index in [4.69, 9.17) is 4.74 Å². The fourth-order valence-electron chi connectivity index (χ4n) is 1.66. The van der Waals surface area contributed by atoms with E-state index in [1.54, 1.807) is 0 Å². The third-order valence-electron chi connectivity index (χ3n) is 3.03. The molecule has 0 aliphatic carbocycles. The summed E-state index contributed by atoms with van der Waals surface area (Å²) in [5.41, 5.74) is 3.81. The van der Waals surface area contributed by atoms with Crippen molar-refractivity contribution in [3.05, 3.63) is 35.5 Å². The molecule has 0 amide bonds. The van der Waals surface area contributed by atoms with Crippen LogP contribution in [-0.4, -0.2) is 12.6 Å². The zero-order chi connectivity index (χ0) is 14.8. The number of rotatable bonds is 8. The van der Waals surface area contributed by atoms with Gasteiger partial charge in [-0.15, -0.1) is 0 Å². The molecule has 0 fully saturated rings. The molecule has 0 bridgehead atoms. The summed E-state index contributed by atoms with van der Waals surface area (Å²) >= 11 is 0. The molecule has 0 saturated heterocycles. The molecule has 0 aliphatic rings. The van der Waals surface area contributed by atoms with Crippen LogP contribution in [0, 0.1) is 5.92 Å². The highest BCUT2D eigenvalue weighted by Gasteiger charge is 2.10. The second-order valence-electron chi connectivity index (χ2n) is 5.45. The molecule has 0 aromatic rings. The molecule has 0 spiro atoms. The fraction of sp³-hybridized carbons (Fsp3) is 0.588. The molecule has 0 aromatic carbocycles. The van der Waals surface area contributed by atoms with Crippen LogP contribution in [-0.2, 0) is 9.53 Å². The molecule has 0 N–H and O–H groups in total. The van der Waals surface area contributed by atoms with E-state index in [1.807, 2.05) is 6.92 Å². The number of carbonyl (C=O) groups excluding carboxylic acids is 1. The van der Waals surface area contributed by atoms with E-state index < -0.39 is 0 Å². The highest BCUT2D eigenvalue weighted by molar-refractivity contribution is 5.65. The summed E-state index contributed by atoms with van der Waals surface area (Å²) < 4.78 is 5.07. The lowest BCUT2D eigenvalue weighted by Crippen LogP contribution is -2.12. The molecule has 108 valence electrons. The Morgan fingerprint density at radius 2 is 1.79 bits per heavy atom. The first-order valence-corrected chi connectivity index (χ1v) is 6.90. The maximum absolute atomic E-state index is 10.8. The van der Waals surface area contributed by atoms with Gasteiger partial charge < -0.3 is 4.74 Å². The molecule has 2 heteroatoms. The molecule has 0 rings (SSSR count). The Labute approximate surface area is 118 Å². The number of esters is 1. The quantitative estimate of drug-likeness (QED) is 0.464. The molecule has 0 aliphatic heterocycles. The predicted molar refractivity (Wildman–Crippen MR) is 82.0 cm³/mol. The second-order valence-corrected chi connectivity index (χ2v) is 5.45. The zero-order valence-electron chi connectivity index (χ0n) is 13.1. The van der Waals surface area contributed by atoms with Crippen LogP contribution in [0.4, 0.5) is 0 Å². The number of allylic oxidation sites excluding steroid dienone is 4. The van der Waals surface area contributed by atoms with E-state index in [1.165, 1.54) is 18.1 Å². The molecule has 1 atom stereocenters. The van der Waals surface area contributed by atoms with Crippen LogP contribution < -0.4 is 0 Å². The minimum Gasteiger partial charge on any atom is -0.465 e. The highest BCUT2D eigenvalue weighted by Crippen LogP contribution is 2.17. The number of carbonyl (C=O) groups is 1. The summed E-state index contributed by atoms with van der Waals surface area (Å²) in [6, 6.07) is 0. The van der Waals surface area contributed by atoms with Crippen LogP contribution in [0.25, 0.3) is 0 Å². The van der Waals surface area contributed by atoms with Crippen molar-refractivity contribution < 1.29 is 9.53 Å². The van der Waals surface area contributed by atoms with Gasteiger partial charge in [-0.3, -0.25) is 4.79 Å². The third kappa shape index (κ3) is 10.3. The van der Waals surface area contributed by atoms with Gasteiger partial charge in [-0.05, 0) is 47.0 Å². The first-order valence-electron chi connectivity index (χ1n) is 6.90. The lowest BCUT2D eigenvalue weighted by molar-refractivity contribution is -0.141. The molecule has 2 nitrogen and oxygen atoms in total. The van der Waals surface area contributed by atoms with E-state index in [2.05, 4.69) is 39.5 Å². The lowest BCUT2D eigenvalue weighted by Gasteiger charge is -2.15. The molecular weight excluding hydrogens is 236 g/mol. The van der Waals surface area contributed by atoms with Gasteiger partial charge >= 0.3 is 5.97 Å². The van der Waals surface area contributed by atoms with Gasteiger partial charge in [0.15, 0.2) is 0 Å². The molecule has 1 unspecified atom stereocenters. The van der Waals surface area contributed by atoms with Crippen molar-refractivity contribution in [2.24, 2.45) is 5.92 Å². The minimum absolute atomic E-state index is 0.224. The Balaban J connectivity index is 4.24. The molecular formula is C17H28O2. The van der Waals surface area contributed by atoms with Gasteiger partial charge in [0, 0.05) is 12.8 Å². The number of hydrogen-bond donors (Lipinski definition) is 0. The third-order valence-corrected chi connectivity index (χ3v) is 3.03. The average molecular weight is 264 g/mol. The Kier molecular flexibility index (Phi) is 8.94. The molecule has 0 aromatic heterocycles. The van der Waals surface area contributed by atoms with Crippen molar-refractivity contribution >= 4 is 5.97 Å². The zero-order valence-corrected chi connectivity index (χ0v) is 13.1. The summed E-state index contributed by atoms with van der Waals surface area (Å²) in [5.74, 6) is -0.00202. The Bertz CT molecular complexity index is 357. The van der Waals surface area contributed by atoms with E-state index in [-0.39, 0.29) is 11.9 Å². The lowest BCUT2D eigenvalue weighted by atomic mass is 9.97. The van der Waals surface area contributed by atoms with Gasteiger partial charge in [0.25, 0.3) is 0 Å². The summed E-state index contributed by atoms with van der Waals surface area (Å²) in [6.07, 6.45) is 7.56. The summed E-state index contributed by atoms with van der Waals surface area (Å²) in [4.78, 5) is 10.8. The van der Waals surface area contributed by atoms with E-state index in [0.717, 1.165) is 24.8 Å². The summed E-state index contributed by atoms with van der Waals surface area (Å²) in [5, 5.41) is 0.